The average Bonchev–Trinajstić information content (AvgIpc) is 1.90. The smallest absolute Gasteiger partial charge is 0.187 e. The Bertz CT molecular complexity index is 3100. The van der Waals surface area contributed by atoms with Gasteiger partial charge in [0.05, 0.1) is 109 Å². The highest BCUT2D eigenvalue weighted by Crippen LogP contribution is 2.37. The van der Waals surface area contributed by atoms with Crippen LogP contribution in [0.1, 0.15) is 38.9 Å². The zero-order chi connectivity index (χ0) is 60.0. The van der Waals surface area contributed by atoms with Crippen molar-refractivity contribution < 1.29 is 80.9 Å². The maximum absolute atomic E-state index is 12.4. The molecular weight excluding hydrogens is 1100 g/mol. The molecule has 1 fully saturated rings. The van der Waals surface area contributed by atoms with Gasteiger partial charge in [0.2, 0.25) is 0 Å². The Morgan fingerprint density at radius 1 is 0.314 bits per heavy atom. The highest BCUT2D eigenvalue weighted by Gasteiger charge is 2.52. The Morgan fingerprint density at radius 3 is 0.953 bits per heavy atom. The minimum absolute atomic E-state index is 0.0187. The summed E-state index contributed by atoms with van der Waals surface area (Å²) in [5, 5.41) is 12.4. The second-order valence-electron chi connectivity index (χ2n) is 20.7. The molecule has 1 heterocycles. The Labute approximate surface area is 504 Å². The molecule has 1 saturated heterocycles. The van der Waals surface area contributed by atoms with Crippen molar-refractivity contribution in [3.05, 3.63) is 220 Å². The summed E-state index contributed by atoms with van der Waals surface area (Å²) in [7, 11) is 11.4. The third kappa shape index (κ3) is 17.6. The summed E-state index contributed by atoms with van der Waals surface area (Å²) >= 11 is 0. The van der Waals surface area contributed by atoms with Crippen LogP contribution in [0, 0.1) is 0 Å². The predicted molar refractivity (Wildman–Crippen MR) is 321 cm³/mol. The molecule has 0 spiro atoms. The molecule has 456 valence electrons. The molecule has 7 aromatic rings. The molecular formula is C69H78O17. The number of rotatable bonds is 32. The lowest BCUT2D eigenvalue weighted by Crippen LogP contribution is -2.63. The summed E-state index contributed by atoms with van der Waals surface area (Å²) in [6.45, 7) is 1.15. The van der Waals surface area contributed by atoms with Crippen molar-refractivity contribution in [3.8, 4) is 40.2 Å². The first-order valence-electron chi connectivity index (χ1n) is 28.5. The fourth-order valence-electron chi connectivity index (χ4n) is 10.1. The zero-order valence-corrected chi connectivity index (χ0v) is 49.8. The third-order valence-electron chi connectivity index (χ3n) is 15.0. The van der Waals surface area contributed by atoms with E-state index >= 15 is 0 Å². The molecule has 2 aliphatic rings. The van der Waals surface area contributed by atoms with E-state index in [9.17, 15) is 5.11 Å². The number of hydrogen-bond donors (Lipinski definition) is 1. The molecule has 17 heteroatoms. The quantitative estimate of drug-likeness (QED) is 0.0395. The van der Waals surface area contributed by atoms with E-state index in [2.05, 4.69) is 0 Å². The van der Waals surface area contributed by atoms with Crippen LogP contribution in [0.2, 0.25) is 0 Å². The minimum Gasteiger partial charge on any atom is -0.497 e. The van der Waals surface area contributed by atoms with Crippen LogP contribution in [0.4, 0.5) is 0 Å². The van der Waals surface area contributed by atoms with Gasteiger partial charge in [-0.15, -0.1) is 0 Å². The van der Waals surface area contributed by atoms with Gasteiger partial charge in [-0.1, -0.05) is 84.9 Å². The molecule has 1 aliphatic heterocycles. The van der Waals surface area contributed by atoms with Gasteiger partial charge in [-0.05, 0) is 136 Å². The van der Waals surface area contributed by atoms with Crippen LogP contribution in [0.25, 0.3) is 0 Å². The van der Waals surface area contributed by atoms with Crippen molar-refractivity contribution >= 4 is 0 Å². The van der Waals surface area contributed by atoms with E-state index in [1.807, 2.05) is 170 Å². The predicted octanol–water partition coefficient (Wildman–Crippen LogP) is 10.8. The number of benzene rings is 7. The molecule has 0 unspecified atom stereocenters. The van der Waals surface area contributed by atoms with Crippen molar-refractivity contribution in [1.82, 2.24) is 0 Å². The molecule has 0 saturated carbocycles. The Hall–Kier alpha value is -7.52. The van der Waals surface area contributed by atoms with E-state index in [1.54, 1.807) is 55.8 Å². The largest absolute Gasteiger partial charge is 0.497 e. The molecule has 0 aromatic heterocycles. The Morgan fingerprint density at radius 2 is 0.605 bits per heavy atom. The third-order valence-corrected chi connectivity index (χ3v) is 15.0. The maximum atomic E-state index is 12.4. The van der Waals surface area contributed by atoms with Crippen molar-refractivity contribution in [2.45, 2.75) is 101 Å². The molecule has 17 nitrogen and oxygen atoms in total. The average molecular weight is 1180 g/mol. The van der Waals surface area contributed by atoms with Gasteiger partial charge in [0.15, 0.2) is 6.29 Å². The van der Waals surface area contributed by atoms with Gasteiger partial charge in [0, 0.05) is 0 Å². The van der Waals surface area contributed by atoms with Gasteiger partial charge in [0.25, 0.3) is 0 Å². The molecule has 9 rings (SSSR count). The van der Waals surface area contributed by atoms with E-state index in [0.717, 1.165) is 50.4 Å². The summed E-state index contributed by atoms with van der Waals surface area (Å²) in [4.78, 5) is 0. The van der Waals surface area contributed by atoms with E-state index in [4.69, 9.17) is 75.8 Å². The summed E-state index contributed by atoms with van der Waals surface area (Å²) in [6.07, 6.45) is -7.24. The van der Waals surface area contributed by atoms with Gasteiger partial charge < -0.3 is 80.9 Å². The first kappa shape index (κ1) is 63.0. The van der Waals surface area contributed by atoms with Crippen LogP contribution in [-0.2, 0) is 88.9 Å². The van der Waals surface area contributed by atoms with Crippen molar-refractivity contribution in [3.63, 3.8) is 0 Å². The number of ether oxygens (including phenoxy) is 16. The molecule has 0 radical (unpaired) electrons. The van der Waals surface area contributed by atoms with Gasteiger partial charge in [0.1, 0.15) is 89.1 Å². The first-order valence-corrected chi connectivity index (χ1v) is 28.5. The van der Waals surface area contributed by atoms with Crippen molar-refractivity contribution in [2.75, 3.05) is 63.0 Å². The number of methoxy groups -OCH3 is 7. The van der Waals surface area contributed by atoms with Crippen LogP contribution >= 0.6 is 0 Å². The molecule has 86 heavy (non-hydrogen) atoms. The van der Waals surface area contributed by atoms with Crippen LogP contribution in [-0.4, -0.2) is 123 Å². The molecule has 7 aromatic carbocycles. The first-order chi connectivity index (χ1) is 42.1. The summed E-state index contributed by atoms with van der Waals surface area (Å²) in [5.74, 6) is 4.94. The van der Waals surface area contributed by atoms with Gasteiger partial charge in [-0.25, -0.2) is 0 Å². The molecule has 0 amide bonds. The molecule has 0 bridgehead atoms. The molecule has 9 atom stereocenters. The van der Waals surface area contributed by atoms with Crippen LogP contribution in [0.15, 0.2) is 182 Å². The van der Waals surface area contributed by atoms with E-state index in [-0.39, 0.29) is 59.5 Å². The number of hydrogen-bond acceptors (Lipinski definition) is 17. The monoisotopic (exact) mass is 1180 g/mol. The minimum atomic E-state index is -1.23. The lowest BCUT2D eigenvalue weighted by Gasteiger charge is -2.48. The van der Waals surface area contributed by atoms with Crippen LogP contribution in [0.3, 0.4) is 0 Å². The van der Waals surface area contributed by atoms with E-state index < -0.39 is 55.1 Å². The lowest BCUT2D eigenvalue weighted by atomic mass is 9.88. The van der Waals surface area contributed by atoms with Crippen LogP contribution in [0.5, 0.6) is 40.2 Å². The standard InChI is InChI=1S/C69H78O17/c1-71-54-22-8-46(9-23-54)37-78-44-53-36-61(70)64(80-39-48-12-26-56(73-3)27-13-48)66(82-41-50-16-30-58(75-5)31-17-50)63(53)86-69-68(84-43-52-20-34-60(77-7)35-21-52)67(83-42-51-18-32-59(76-6)33-19-51)65(81-40-49-14-28-57(74-4)29-15-49)62(85-69)45-79-38-47-10-24-55(72-2)25-11-47/h8-36,61-70H,37-45H2,1-7H3/t61-,62-,63-,64+,65-,66+,67+,68-,69+/m1/s1. The normalized spacial score (nSPS) is 21.0. The Kier molecular flexibility index (Phi) is 23.6. The number of aliphatic hydroxyl groups is 1. The van der Waals surface area contributed by atoms with Crippen LogP contribution < -0.4 is 33.2 Å². The summed E-state index contributed by atoms with van der Waals surface area (Å²) in [6, 6.07) is 53.5. The second-order valence-corrected chi connectivity index (χ2v) is 20.7. The highest BCUT2D eigenvalue weighted by atomic mass is 16.7. The maximum Gasteiger partial charge on any atom is 0.187 e. The van der Waals surface area contributed by atoms with Gasteiger partial charge in [-0.2, -0.15) is 0 Å². The van der Waals surface area contributed by atoms with E-state index in [1.165, 1.54) is 0 Å². The SMILES string of the molecule is COc1ccc(COCC2=C[C@@H](O)[C@H](OCc3ccc(OC)cc3)[C@@H](OCc3ccc(OC)cc3)[C@@H]2O[C@@H]2O[C@H](COCc3ccc(OC)cc3)[C@@H](OCc3ccc(OC)cc3)[C@H](OCc3ccc(OC)cc3)[C@H]2OCc2ccc(OC)cc2)cc1. The number of aliphatic hydroxyl groups excluding tert-OH is 1. The fourth-order valence-corrected chi connectivity index (χ4v) is 10.1. The topological polar surface area (TPSA) is 168 Å². The molecule has 1 aliphatic carbocycles. The van der Waals surface area contributed by atoms with Crippen molar-refractivity contribution in [2.24, 2.45) is 0 Å². The fraction of sp³-hybridized carbons (Fsp3) is 0.362. The molecule has 1 N–H and O–H groups in total. The van der Waals surface area contributed by atoms with Gasteiger partial charge >= 0.3 is 0 Å². The Balaban J connectivity index is 1.13. The lowest BCUT2D eigenvalue weighted by molar-refractivity contribution is -0.342. The highest BCUT2D eigenvalue weighted by molar-refractivity contribution is 5.32. The summed E-state index contributed by atoms with van der Waals surface area (Å²) < 4.78 is 102. The summed E-state index contributed by atoms with van der Waals surface area (Å²) in [5.41, 5.74) is 6.69. The van der Waals surface area contributed by atoms with Gasteiger partial charge in [-0.3, -0.25) is 0 Å². The van der Waals surface area contributed by atoms with Crippen molar-refractivity contribution in [1.29, 1.82) is 0 Å². The van der Waals surface area contributed by atoms with E-state index in [0.29, 0.717) is 34.3 Å². The second kappa shape index (κ2) is 32.3. The zero-order valence-electron chi connectivity index (χ0n) is 49.8.